The smallest absolute Gasteiger partial charge is 0.186 e. The fourth-order valence-electron chi connectivity index (χ4n) is 1.68. The van der Waals surface area contributed by atoms with Crippen molar-refractivity contribution in [3.8, 4) is 11.1 Å². The summed E-state index contributed by atoms with van der Waals surface area (Å²) < 4.78 is 0. The van der Waals surface area contributed by atoms with Gasteiger partial charge in [0.05, 0.1) is 0 Å². The minimum absolute atomic E-state index is 0.0729. The first-order chi connectivity index (χ1) is 7.29. The van der Waals surface area contributed by atoms with Crippen LogP contribution in [-0.4, -0.2) is 0 Å². The molecule has 0 fully saturated rings. The largest absolute Gasteiger partial charge is 0.289 e. The third-order valence-corrected chi connectivity index (χ3v) is 2.41. The van der Waals surface area contributed by atoms with Gasteiger partial charge in [-0.1, -0.05) is 48.5 Å². The fourth-order valence-corrected chi connectivity index (χ4v) is 1.68. The van der Waals surface area contributed by atoms with Gasteiger partial charge in [-0.15, -0.1) is 0 Å². The predicted octanol–water partition coefficient (Wildman–Crippen LogP) is 3.02. The normalized spacial score (nSPS) is 9.93. The van der Waals surface area contributed by atoms with Crippen molar-refractivity contribution in [3.05, 3.63) is 70.4 Å². The van der Waals surface area contributed by atoms with Crippen molar-refractivity contribution in [2.75, 3.05) is 0 Å². The second-order valence-electron chi connectivity index (χ2n) is 3.51. The zero-order valence-electron chi connectivity index (χ0n) is 8.60. The van der Waals surface area contributed by atoms with Gasteiger partial charge in [0.1, 0.15) is 0 Å². The van der Waals surface area contributed by atoms with E-state index in [4.69, 9.17) is 0 Å². The van der Waals surface area contributed by atoms with E-state index in [0.717, 1.165) is 16.7 Å². The molecule has 1 nitrogen and oxygen atoms in total. The van der Waals surface area contributed by atoms with Crippen molar-refractivity contribution in [1.29, 1.82) is 0 Å². The molecule has 0 atom stereocenters. The van der Waals surface area contributed by atoms with E-state index in [2.05, 4.69) is 0 Å². The molecule has 0 aliphatic heterocycles. The maximum Gasteiger partial charge on any atom is 0.186 e. The molecule has 15 heavy (non-hydrogen) atoms. The predicted molar refractivity (Wildman–Crippen MR) is 62.9 cm³/mol. The van der Waals surface area contributed by atoms with E-state index in [9.17, 15) is 4.79 Å². The zero-order chi connectivity index (χ0) is 10.7. The second-order valence-corrected chi connectivity index (χ2v) is 3.51. The van der Waals surface area contributed by atoms with Crippen molar-refractivity contribution >= 4 is 0 Å². The molecular weight excluding hydrogens is 184 g/mol. The van der Waals surface area contributed by atoms with Crippen molar-refractivity contribution in [2.45, 2.75) is 6.92 Å². The standard InChI is InChI=1S/C14H12O/c1-11-7-5-6-10-13(15)14(11)12-8-3-2-4-9-12/h2-10H,1H3. The van der Waals surface area contributed by atoms with Crippen LogP contribution in [0.1, 0.15) is 5.56 Å². The Morgan fingerprint density at radius 2 is 1.40 bits per heavy atom. The summed E-state index contributed by atoms with van der Waals surface area (Å²) in [5.74, 6) is 0. The van der Waals surface area contributed by atoms with Crippen LogP contribution in [-0.2, 0) is 0 Å². The highest BCUT2D eigenvalue weighted by Crippen LogP contribution is 2.17. The Hall–Kier alpha value is -1.89. The van der Waals surface area contributed by atoms with Gasteiger partial charge < -0.3 is 0 Å². The van der Waals surface area contributed by atoms with Gasteiger partial charge in [-0.2, -0.15) is 0 Å². The van der Waals surface area contributed by atoms with Crippen molar-refractivity contribution in [2.24, 2.45) is 0 Å². The van der Waals surface area contributed by atoms with E-state index < -0.39 is 0 Å². The first-order valence-electron chi connectivity index (χ1n) is 4.94. The highest BCUT2D eigenvalue weighted by atomic mass is 16.1. The number of hydrogen-bond donors (Lipinski definition) is 0. The molecule has 0 N–H and O–H groups in total. The van der Waals surface area contributed by atoms with E-state index in [1.165, 1.54) is 0 Å². The molecule has 0 amide bonds. The number of rotatable bonds is 1. The van der Waals surface area contributed by atoms with Gasteiger partial charge in [0, 0.05) is 5.56 Å². The summed E-state index contributed by atoms with van der Waals surface area (Å²) >= 11 is 0. The molecule has 0 aliphatic carbocycles. The fraction of sp³-hybridized carbons (Fsp3) is 0.0714. The molecule has 0 heterocycles. The van der Waals surface area contributed by atoms with Crippen LogP contribution in [0, 0.1) is 6.92 Å². The van der Waals surface area contributed by atoms with Crippen molar-refractivity contribution < 1.29 is 0 Å². The Morgan fingerprint density at radius 1 is 0.800 bits per heavy atom. The second kappa shape index (κ2) is 4.09. The molecule has 0 radical (unpaired) electrons. The zero-order valence-corrected chi connectivity index (χ0v) is 8.60. The van der Waals surface area contributed by atoms with Gasteiger partial charge in [-0.05, 0) is 24.1 Å². The van der Waals surface area contributed by atoms with E-state index in [1.807, 2.05) is 49.4 Å². The lowest BCUT2D eigenvalue weighted by molar-refractivity contribution is 1.46. The lowest BCUT2D eigenvalue weighted by atomic mass is 10.0. The van der Waals surface area contributed by atoms with E-state index in [1.54, 1.807) is 12.1 Å². The Morgan fingerprint density at radius 3 is 2.13 bits per heavy atom. The summed E-state index contributed by atoms with van der Waals surface area (Å²) in [5, 5.41) is 0. The molecule has 2 rings (SSSR count). The minimum atomic E-state index is 0.0729. The van der Waals surface area contributed by atoms with Crippen LogP contribution >= 0.6 is 0 Å². The van der Waals surface area contributed by atoms with Crippen LogP contribution in [0.15, 0.2) is 59.4 Å². The average molecular weight is 196 g/mol. The molecule has 0 spiro atoms. The average Bonchev–Trinajstić information content (AvgIpc) is 2.41. The molecule has 0 saturated carbocycles. The van der Waals surface area contributed by atoms with Gasteiger partial charge >= 0.3 is 0 Å². The maximum atomic E-state index is 11.8. The molecule has 2 aromatic carbocycles. The van der Waals surface area contributed by atoms with Crippen molar-refractivity contribution in [1.82, 2.24) is 0 Å². The van der Waals surface area contributed by atoms with Crippen LogP contribution in [0.25, 0.3) is 11.1 Å². The highest BCUT2D eigenvalue weighted by molar-refractivity contribution is 5.66. The third kappa shape index (κ3) is 1.96. The van der Waals surface area contributed by atoms with E-state index in [-0.39, 0.29) is 5.43 Å². The first kappa shape index (κ1) is 9.66. The Labute approximate surface area is 89.0 Å². The quantitative estimate of drug-likeness (QED) is 0.685. The number of hydrogen-bond acceptors (Lipinski definition) is 1. The molecule has 0 aliphatic rings. The topological polar surface area (TPSA) is 17.1 Å². The van der Waals surface area contributed by atoms with Gasteiger partial charge in [0.2, 0.25) is 0 Å². The van der Waals surface area contributed by atoms with Gasteiger partial charge in [0.15, 0.2) is 5.43 Å². The summed E-state index contributed by atoms with van der Waals surface area (Å²) in [5.41, 5.74) is 2.86. The maximum absolute atomic E-state index is 11.8. The molecule has 1 heteroatoms. The molecule has 74 valence electrons. The summed E-state index contributed by atoms with van der Waals surface area (Å²) in [4.78, 5) is 11.8. The Kier molecular flexibility index (Phi) is 2.64. The Balaban J connectivity index is 2.75. The molecule has 0 unspecified atom stereocenters. The summed E-state index contributed by atoms with van der Waals surface area (Å²) in [6, 6.07) is 17.0. The lowest BCUT2D eigenvalue weighted by Crippen LogP contribution is -2.00. The van der Waals surface area contributed by atoms with Crippen LogP contribution in [0.3, 0.4) is 0 Å². The lowest BCUT2D eigenvalue weighted by Gasteiger charge is -2.00. The monoisotopic (exact) mass is 196 g/mol. The van der Waals surface area contributed by atoms with Crippen LogP contribution < -0.4 is 5.43 Å². The first-order valence-corrected chi connectivity index (χ1v) is 4.94. The van der Waals surface area contributed by atoms with Crippen LogP contribution in [0.4, 0.5) is 0 Å². The SMILES string of the molecule is Cc1ccccc(=O)c1-c1ccccc1. The van der Waals surface area contributed by atoms with E-state index >= 15 is 0 Å². The molecule has 2 aromatic rings. The number of benzene rings is 1. The minimum Gasteiger partial charge on any atom is -0.289 e. The van der Waals surface area contributed by atoms with Crippen LogP contribution in [0.2, 0.25) is 0 Å². The van der Waals surface area contributed by atoms with Gasteiger partial charge in [-0.25, -0.2) is 0 Å². The highest BCUT2D eigenvalue weighted by Gasteiger charge is 2.03. The van der Waals surface area contributed by atoms with E-state index in [0.29, 0.717) is 0 Å². The Bertz CT molecular complexity index is 515. The summed E-state index contributed by atoms with van der Waals surface area (Å²) in [6.07, 6.45) is 0. The van der Waals surface area contributed by atoms with Gasteiger partial charge in [0.25, 0.3) is 0 Å². The molecule has 0 aromatic heterocycles. The van der Waals surface area contributed by atoms with Gasteiger partial charge in [-0.3, -0.25) is 4.79 Å². The van der Waals surface area contributed by atoms with Crippen molar-refractivity contribution in [3.63, 3.8) is 0 Å². The number of aryl methyl sites for hydroxylation is 1. The summed E-state index contributed by atoms with van der Waals surface area (Å²) in [7, 11) is 0. The molecule has 0 bridgehead atoms. The third-order valence-electron chi connectivity index (χ3n) is 2.41. The molecular formula is C14H12O. The summed E-state index contributed by atoms with van der Waals surface area (Å²) in [6.45, 7) is 1.96. The van der Waals surface area contributed by atoms with Crippen LogP contribution in [0.5, 0.6) is 0 Å². The molecule has 0 saturated heterocycles.